The summed E-state index contributed by atoms with van der Waals surface area (Å²) >= 11 is 0. The minimum atomic E-state index is 0. The summed E-state index contributed by atoms with van der Waals surface area (Å²) in [5, 5.41) is 6.59. The van der Waals surface area contributed by atoms with Crippen molar-refractivity contribution in [3.63, 3.8) is 0 Å². The first kappa shape index (κ1) is 22.4. The van der Waals surface area contributed by atoms with Crippen molar-refractivity contribution in [3.8, 4) is 0 Å². The van der Waals surface area contributed by atoms with Gasteiger partial charge in [-0.15, -0.1) is 24.0 Å². The van der Waals surface area contributed by atoms with Gasteiger partial charge in [-0.25, -0.2) is 4.98 Å². The molecule has 0 saturated carbocycles. The van der Waals surface area contributed by atoms with Gasteiger partial charge >= 0.3 is 0 Å². The Balaban J connectivity index is 0.00000338. The number of aryl methyl sites for hydroxylation is 2. The molecule has 0 saturated heterocycles. The molecule has 26 heavy (non-hydrogen) atoms. The van der Waals surface area contributed by atoms with E-state index in [1.54, 1.807) is 7.05 Å². The first-order valence-electron chi connectivity index (χ1n) is 8.61. The molecule has 1 unspecified atom stereocenters. The van der Waals surface area contributed by atoms with Crippen LogP contribution in [0.3, 0.4) is 0 Å². The Labute approximate surface area is 173 Å². The third-order valence-electron chi connectivity index (χ3n) is 4.30. The van der Waals surface area contributed by atoms with Crippen LogP contribution in [0.4, 0.5) is 0 Å². The van der Waals surface area contributed by atoms with E-state index in [2.05, 4.69) is 63.7 Å². The fourth-order valence-electron chi connectivity index (χ4n) is 2.42. The SMILES string of the molecule is CN=C(NCc1nc(C)c(C)o1)NCC(C)N(C)Cc1ccccc1.I. The third kappa shape index (κ3) is 6.95. The van der Waals surface area contributed by atoms with Crippen molar-refractivity contribution < 1.29 is 4.42 Å². The summed E-state index contributed by atoms with van der Waals surface area (Å²) in [7, 11) is 3.90. The van der Waals surface area contributed by atoms with E-state index in [0.717, 1.165) is 30.5 Å². The fourth-order valence-corrected chi connectivity index (χ4v) is 2.42. The molecule has 2 aromatic rings. The maximum absolute atomic E-state index is 5.57. The van der Waals surface area contributed by atoms with Crippen molar-refractivity contribution in [1.82, 2.24) is 20.5 Å². The van der Waals surface area contributed by atoms with E-state index in [1.807, 2.05) is 19.9 Å². The van der Waals surface area contributed by atoms with Gasteiger partial charge in [-0.3, -0.25) is 9.89 Å². The van der Waals surface area contributed by atoms with Gasteiger partial charge in [0.05, 0.1) is 12.2 Å². The van der Waals surface area contributed by atoms with E-state index in [9.17, 15) is 0 Å². The fraction of sp³-hybridized carbons (Fsp3) is 0.474. The standard InChI is InChI=1S/C19H29N5O.HI/c1-14(24(5)13-17-9-7-6-8-10-17)11-21-19(20-4)22-12-18-23-15(2)16(3)25-18;/h6-10,14H,11-13H2,1-5H3,(H2,20,21,22);1H. The van der Waals surface area contributed by atoms with Crippen LogP contribution in [0.2, 0.25) is 0 Å². The number of hydrogen-bond donors (Lipinski definition) is 2. The highest BCUT2D eigenvalue weighted by molar-refractivity contribution is 14.0. The molecule has 2 rings (SSSR count). The van der Waals surface area contributed by atoms with Crippen molar-refractivity contribution in [3.05, 3.63) is 53.2 Å². The number of guanidine groups is 1. The third-order valence-corrected chi connectivity index (χ3v) is 4.30. The molecule has 0 fully saturated rings. The molecular formula is C19H30IN5O. The largest absolute Gasteiger partial charge is 0.444 e. The molecule has 0 aliphatic rings. The topological polar surface area (TPSA) is 65.7 Å². The number of nitrogens with one attached hydrogen (secondary N) is 2. The highest BCUT2D eigenvalue weighted by Gasteiger charge is 2.11. The van der Waals surface area contributed by atoms with E-state index < -0.39 is 0 Å². The van der Waals surface area contributed by atoms with Gasteiger partial charge in [-0.05, 0) is 33.4 Å². The van der Waals surface area contributed by atoms with Crippen molar-refractivity contribution in [2.75, 3.05) is 20.6 Å². The van der Waals surface area contributed by atoms with Gasteiger partial charge in [0.2, 0.25) is 5.89 Å². The molecule has 1 atom stereocenters. The predicted octanol–water partition coefficient (Wildman–Crippen LogP) is 3.09. The van der Waals surface area contributed by atoms with Gasteiger partial charge < -0.3 is 15.1 Å². The van der Waals surface area contributed by atoms with Gasteiger partial charge in [0.25, 0.3) is 0 Å². The molecule has 0 radical (unpaired) electrons. The number of likely N-dealkylation sites (N-methyl/N-ethyl adjacent to an activating group) is 1. The van der Waals surface area contributed by atoms with Gasteiger partial charge in [0, 0.05) is 26.2 Å². The Morgan fingerprint density at radius 1 is 1.23 bits per heavy atom. The average Bonchev–Trinajstić information content (AvgIpc) is 2.93. The van der Waals surface area contributed by atoms with Crippen molar-refractivity contribution in [2.24, 2.45) is 4.99 Å². The number of rotatable bonds is 7. The van der Waals surface area contributed by atoms with Gasteiger partial charge in [0.15, 0.2) is 5.96 Å². The molecule has 0 amide bonds. The van der Waals surface area contributed by atoms with E-state index >= 15 is 0 Å². The lowest BCUT2D eigenvalue weighted by Crippen LogP contribution is -2.44. The van der Waals surface area contributed by atoms with Crippen LogP contribution in [0.1, 0.15) is 29.8 Å². The summed E-state index contributed by atoms with van der Waals surface area (Å²) in [5.74, 6) is 2.27. The van der Waals surface area contributed by atoms with Crippen LogP contribution in [-0.2, 0) is 13.1 Å². The lowest BCUT2D eigenvalue weighted by molar-refractivity contribution is 0.249. The maximum Gasteiger partial charge on any atom is 0.214 e. The minimum Gasteiger partial charge on any atom is -0.444 e. The monoisotopic (exact) mass is 471 g/mol. The molecule has 144 valence electrons. The van der Waals surface area contributed by atoms with E-state index in [4.69, 9.17) is 4.42 Å². The predicted molar refractivity (Wildman–Crippen MR) is 117 cm³/mol. The normalized spacial score (nSPS) is 12.6. The highest BCUT2D eigenvalue weighted by atomic mass is 127. The van der Waals surface area contributed by atoms with Crippen LogP contribution in [0.15, 0.2) is 39.7 Å². The Bertz CT molecular complexity index is 667. The summed E-state index contributed by atoms with van der Waals surface area (Å²) in [6, 6.07) is 10.9. The molecule has 2 N–H and O–H groups in total. The van der Waals surface area contributed by atoms with Crippen LogP contribution < -0.4 is 10.6 Å². The second-order valence-corrected chi connectivity index (χ2v) is 6.31. The van der Waals surface area contributed by atoms with Crippen LogP contribution >= 0.6 is 24.0 Å². The van der Waals surface area contributed by atoms with Crippen molar-refractivity contribution >= 4 is 29.9 Å². The summed E-state index contributed by atoms with van der Waals surface area (Å²) in [5.41, 5.74) is 2.24. The van der Waals surface area contributed by atoms with Crippen molar-refractivity contribution in [2.45, 2.75) is 39.9 Å². The number of halogens is 1. The lowest BCUT2D eigenvalue weighted by Gasteiger charge is -2.25. The summed E-state index contributed by atoms with van der Waals surface area (Å²) < 4.78 is 5.57. The maximum atomic E-state index is 5.57. The van der Waals surface area contributed by atoms with Gasteiger partial charge in [-0.2, -0.15) is 0 Å². The number of hydrogen-bond acceptors (Lipinski definition) is 4. The number of oxazole rings is 1. The molecule has 1 aromatic carbocycles. The van der Waals surface area contributed by atoms with Crippen LogP contribution in [0.5, 0.6) is 0 Å². The molecular weight excluding hydrogens is 441 g/mol. The number of nitrogens with zero attached hydrogens (tertiary/aromatic N) is 3. The molecule has 6 nitrogen and oxygen atoms in total. The van der Waals surface area contributed by atoms with Crippen molar-refractivity contribution in [1.29, 1.82) is 0 Å². The lowest BCUT2D eigenvalue weighted by atomic mass is 10.2. The second-order valence-electron chi connectivity index (χ2n) is 6.31. The zero-order chi connectivity index (χ0) is 18.2. The van der Waals surface area contributed by atoms with Crippen LogP contribution in [0, 0.1) is 13.8 Å². The van der Waals surface area contributed by atoms with E-state index in [-0.39, 0.29) is 24.0 Å². The Morgan fingerprint density at radius 2 is 1.92 bits per heavy atom. The molecule has 7 heteroatoms. The zero-order valence-corrected chi connectivity index (χ0v) is 18.6. The van der Waals surface area contributed by atoms with Gasteiger partial charge in [0.1, 0.15) is 5.76 Å². The van der Waals surface area contributed by atoms with E-state index in [0.29, 0.717) is 18.5 Å². The average molecular weight is 471 g/mol. The molecule has 1 aromatic heterocycles. The number of aliphatic imine (C=N–C) groups is 1. The summed E-state index contributed by atoms with van der Waals surface area (Å²) in [4.78, 5) is 10.9. The number of aromatic nitrogens is 1. The highest BCUT2D eigenvalue weighted by Crippen LogP contribution is 2.08. The Morgan fingerprint density at radius 3 is 2.50 bits per heavy atom. The first-order valence-corrected chi connectivity index (χ1v) is 8.61. The Kier molecular flexibility index (Phi) is 9.64. The number of benzene rings is 1. The molecule has 0 aliphatic heterocycles. The zero-order valence-electron chi connectivity index (χ0n) is 16.2. The molecule has 0 bridgehead atoms. The molecule has 0 aliphatic carbocycles. The Hall–Kier alpha value is -1.61. The summed E-state index contributed by atoms with van der Waals surface area (Å²) in [6.07, 6.45) is 0. The second kappa shape index (κ2) is 11.2. The smallest absolute Gasteiger partial charge is 0.214 e. The van der Waals surface area contributed by atoms with Crippen LogP contribution in [0.25, 0.3) is 0 Å². The first-order chi connectivity index (χ1) is 12.0. The summed E-state index contributed by atoms with van der Waals surface area (Å²) in [6.45, 7) is 8.30. The van der Waals surface area contributed by atoms with Gasteiger partial charge in [-0.1, -0.05) is 30.3 Å². The quantitative estimate of drug-likeness (QED) is 0.369. The minimum absolute atomic E-state index is 0. The molecule has 1 heterocycles. The molecule has 0 spiro atoms. The van der Waals surface area contributed by atoms with E-state index in [1.165, 1.54) is 5.56 Å². The van der Waals surface area contributed by atoms with Crippen LogP contribution in [-0.4, -0.2) is 42.5 Å².